The summed E-state index contributed by atoms with van der Waals surface area (Å²) in [5.74, 6) is 1.35. The van der Waals surface area contributed by atoms with E-state index in [4.69, 9.17) is 4.42 Å². The SMILES string of the molecule is Cc1cccc2cc(C(O)c3ccc(C4CC4)cc3)oc12. The van der Waals surface area contributed by atoms with E-state index in [0.717, 1.165) is 28.0 Å². The molecule has 1 aromatic heterocycles. The number of aliphatic hydroxyl groups excluding tert-OH is 1. The predicted molar refractivity (Wildman–Crippen MR) is 83.4 cm³/mol. The fraction of sp³-hybridized carbons (Fsp3) is 0.263. The predicted octanol–water partition coefficient (Wildman–Crippen LogP) is 4.70. The van der Waals surface area contributed by atoms with Crippen LogP contribution in [0.5, 0.6) is 0 Å². The van der Waals surface area contributed by atoms with Crippen molar-refractivity contribution in [1.82, 2.24) is 0 Å². The average Bonchev–Trinajstić information content (AvgIpc) is 3.26. The Morgan fingerprint density at radius 2 is 1.86 bits per heavy atom. The van der Waals surface area contributed by atoms with Gasteiger partial charge >= 0.3 is 0 Å². The monoisotopic (exact) mass is 278 g/mol. The summed E-state index contributed by atoms with van der Waals surface area (Å²) in [6.07, 6.45) is 1.89. The second-order valence-corrected chi connectivity index (χ2v) is 5.99. The first-order valence-corrected chi connectivity index (χ1v) is 7.49. The van der Waals surface area contributed by atoms with Crippen molar-refractivity contribution in [3.8, 4) is 0 Å². The molecule has 0 aliphatic heterocycles. The number of rotatable bonds is 3. The van der Waals surface area contributed by atoms with E-state index in [1.54, 1.807) is 0 Å². The largest absolute Gasteiger partial charge is 0.458 e. The molecule has 0 saturated heterocycles. The first-order valence-electron chi connectivity index (χ1n) is 7.49. The van der Waals surface area contributed by atoms with Crippen LogP contribution in [0.1, 0.15) is 47.3 Å². The van der Waals surface area contributed by atoms with Crippen LogP contribution in [0.2, 0.25) is 0 Å². The molecule has 2 aromatic carbocycles. The minimum atomic E-state index is -0.704. The highest BCUT2D eigenvalue weighted by Crippen LogP contribution is 2.40. The number of hydrogen-bond donors (Lipinski definition) is 1. The van der Waals surface area contributed by atoms with Crippen molar-refractivity contribution in [2.24, 2.45) is 0 Å². The van der Waals surface area contributed by atoms with Crippen LogP contribution in [0.3, 0.4) is 0 Å². The molecule has 3 aromatic rings. The van der Waals surface area contributed by atoms with Crippen molar-refractivity contribution in [3.05, 3.63) is 71.0 Å². The molecule has 0 amide bonds. The number of para-hydroxylation sites is 1. The first-order chi connectivity index (χ1) is 10.2. The van der Waals surface area contributed by atoms with Gasteiger partial charge < -0.3 is 9.52 Å². The van der Waals surface area contributed by atoms with Crippen LogP contribution < -0.4 is 0 Å². The van der Waals surface area contributed by atoms with Crippen LogP contribution in [-0.4, -0.2) is 5.11 Å². The normalized spacial score (nSPS) is 16.3. The molecule has 21 heavy (non-hydrogen) atoms. The molecule has 1 aliphatic carbocycles. The lowest BCUT2D eigenvalue weighted by Gasteiger charge is -2.09. The van der Waals surface area contributed by atoms with E-state index >= 15 is 0 Å². The third kappa shape index (κ3) is 2.26. The van der Waals surface area contributed by atoms with Gasteiger partial charge in [0.15, 0.2) is 0 Å². The van der Waals surface area contributed by atoms with Gasteiger partial charge in [-0.1, -0.05) is 42.5 Å². The molecule has 0 bridgehead atoms. The Kier molecular flexibility index (Phi) is 2.86. The Hall–Kier alpha value is -2.06. The molecular weight excluding hydrogens is 260 g/mol. The summed E-state index contributed by atoms with van der Waals surface area (Å²) >= 11 is 0. The van der Waals surface area contributed by atoms with Gasteiger partial charge in [-0.2, -0.15) is 0 Å². The van der Waals surface area contributed by atoms with Gasteiger partial charge in [-0.25, -0.2) is 0 Å². The Morgan fingerprint density at radius 1 is 1.10 bits per heavy atom. The highest BCUT2D eigenvalue weighted by atomic mass is 16.4. The lowest BCUT2D eigenvalue weighted by molar-refractivity contribution is 0.192. The quantitative estimate of drug-likeness (QED) is 0.753. The second kappa shape index (κ2) is 4.74. The van der Waals surface area contributed by atoms with Crippen LogP contribution >= 0.6 is 0 Å². The van der Waals surface area contributed by atoms with Crippen molar-refractivity contribution in [2.75, 3.05) is 0 Å². The summed E-state index contributed by atoms with van der Waals surface area (Å²) in [6, 6.07) is 16.3. The number of aliphatic hydroxyl groups is 1. The van der Waals surface area contributed by atoms with Crippen molar-refractivity contribution in [1.29, 1.82) is 0 Å². The summed E-state index contributed by atoms with van der Waals surface area (Å²) in [4.78, 5) is 0. The summed E-state index contributed by atoms with van der Waals surface area (Å²) < 4.78 is 5.86. The molecule has 1 atom stereocenters. The van der Waals surface area contributed by atoms with E-state index in [1.807, 2.05) is 43.3 Å². The van der Waals surface area contributed by atoms with Crippen LogP contribution in [0.25, 0.3) is 11.0 Å². The number of hydrogen-bond acceptors (Lipinski definition) is 2. The maximum absolute atomic E-state index is 10.5. The van der Waals surface area contributed by atoms with E-state index in [1.165, 1.54) is 18.4 Å². The lowest BCUT2D eigenvalue weighted by Crippen LogP contribution is -1.97. The van der Waals surface area contributed by atoms with Gasteiger partial charge in [0.25, 0.3) is 0 Å². The molecule has 1 heterocycles. The minimum absolute atomic E-state index is 0.610. The summed E-state index contributed by atoms with van der Waals surface area (Å²) in [5, 5.41) is 11.6. The molecule has 1 aliphatic rings. The van der Waals surface area contributed by atoms with Crippen molar-refractivity contribution < 1.29 is 9.52 Å². The Balaban J connectivity index is 1.68. The van der Waals surface area contributed by atoms with Gasteiger partial charge in [-0.15, -0.1) is 0 Å². The fourth-order valence-electron chi connectivity index (χ4n) is 2.89. The van der Waals surface area contributed by atoms with Gasteiger partial charge in [-0.3, -0.25) is 0 Å². The highest BCUT2D eigenvalue weighted by molar-refractivity contribution is 5.81. The summed E-state index contributed by atoms with van der Waals surface area (Å²) in [5.41, 5.74) is 4.22. The highest BCUT2D eigenvalue weighted by Gasteiger charge is 2.24. The topological polar surface area (TPSA) is 33.4 Å². The molecule has 1 fully saturated rings. The van der Waals surface area contributed by atoms with Crippen molar-refractivity contribution in [3.63, 3.8) is 0 Å². The zero-order chi connectivity index (χ0) is 14.4. The smallest absolute Gasteiger partial charge is 0.138 e. The molecule has 1 N–H and O–H groups in total. The molecule has 2 nitrogen and oxygen atoms in total. The van der Waals surface area contributed by atoms with Crippen molar-refractivity contribution in [2.45, 2.75) is 31.8 Å². The molecular formula is C19H18O2. The zero-order valence-electron chi connectivity index (χ0n) is 12.0. The van der Waals surface area contributed by atoms with Crippen molar-refractivity contribution >= 4 is 11.0 Å². The summed E-state index contributed by atoms with van der Waals surface area (Å²) in [6.45, 7) is 2.02. The molecule has 1 unspecified atom stereocenters. The molecule has 0 spiro atoms. The van der Waals surface area contributed by atoms with E-state index in [0.29, 0.717) is 5.76 Å². The van der Waals surface area contributed by atoms with Gasteiger partial charge in [0.2, 0.25) is 0 Å². The second-order valence-electron chi connectivity index (χ2n) is 5.99. The lowest BCUT2D eigenvalue weighted by atomic mass is 10.0. The van der Waals surface area contributed by atoms with E-state index < -0.39 is 6.10 Å². The number of aryl methyl sites for hydroxylation is 1. The number of benzene rings is 2. The average molecular weight is 278 g/mol. The Morgan fingerprint density at radius 3 is 2.52 bits per heavy atom. The molecule has 106 valence electrons. The van der Waals surface area contributed by atoms with Crippen LogP contribution in [0.15, 0.2) is 52.9 Å². The van der Waals surface area contributed by atoms with E-state index in [-0.39, 0.29) is 0 Å². The summed E-state index contributed by atoms with van der Waals surface area (Å²) in [7, 11) is 0. The zero-order valence-corrected chi connectivity index (χ0v) is 12.0. The molecule has 4 rings (SSSR count). The Labute approximate surface area is 124 Å². The number of fused-ring (bicyclic) bond motifs is 1. The molecule has 1 saturated carbocycles. The maximum atomic E-state index is 10.5. The third-order valence-corrected chi connectivity index (χ3v) is 4.33. The minimum Gasteiger partial charge on any atom is -0.458 e. The fourth-order valence-corrected chi connectivity index (χ4v) is 2.89. The molecule has 2 heteroatoms. The number of furan rings is 1. The first kappa shape index (κ1) is 12.7. The van der Waals surface area contributed by atoms with E-state index in [9.17, 15) is 5.11 Å². The maximum Gasteiger partial charge on any atom is 0.138 e. The van der Waals surface area contributed by atoms with Crippen LogP contribution in [0.4, 0.5) is 0 Å². The van der Waals surface area contributed by atoms with Gasteiger partial charge in [-0.05, 0) is 48.4 Å². The van der Waals surface area contributed by atoms with Gasteiger partial charge in [0, 0.05) is 5.39 Å². The van der Waals surface area contributed by atoms with E-state index in [2.05, 4.69) is 12.1 Å². The van der Waals surface area contributed by atoms with Gasteiger partial charge in [0.1, 0.15) is 17.4 Å². The van der Waals surface area contributed by atoms with Gasteiger partial charge in [0.05, 0.1) is 0 Å². The standard InChI is InChI=1S/C19H18O2/c1-12-3-2-4-16-11-17(21-19(12)16)18(20)15-9-7-14(8-10-15)13-5-6-13/h2-4,7-11,13,18,20H,5-6H2,1H3. The Bertz CT molecular complexity index is 779. The third-order valence-electron chi connectivity index (χ3n) is 4.33. The molecule has 0 radical (unpaired) electrons. The van der Waals surface area contributed by atoms with Crippen LogP contribution in [0, 0.1) is 6.92 Å². The van der Waals surface area contributed by atoms with Crippen LogP contribution in [-0.2, 0) is 0 Å².